The van der Waals surface area contributed by atoms with E-state index in [0.29, 0.717) is 11.5 Å². The zero-order valence-corrected chi connectivity index (χ0v) is 11.7. The monoisotopic (exact) mass is 255 g/mol. The molecule has 0 aliphatic rings. The Morgan fingerprint density at radius 2 is 1.88 bits per heavy atom. The standard InChI is InChI=1S/C13H21NO2S/c1-9-5-12(6-10(2)13(9)15)7-14-11(3)8-17(4)16/h5-6,11,14-15H,7-8H2,1-4H3. The minimum absolute atomic E-state index is 0.232. The molecule has 0 spiro atoms. The number of rotatable bonds is 5. The van der Waals surface area contributed by atoms with Crippen molar-refractivity contribution >= 4 is 10.8 Å². The molecular formula is C13H21NO2S. The third-order valence-corrected chi connectivity index (χ3v) is 3.66. The van der Waals surface area contributed by atoms with Crippen LogP contribution in [-0.2, 0) is 17.3 Å². The number of hydrogen-bond acceptors (Lipinski definition) is 3. The molecule has 0 saturated heterocycles. The third kappa shape index (κ3) is 4.48. The van der Waals surface area contributed by atoms with Crippen LogP contribution in [0.2, 0.25) is 0 Å². The molecule has 3 nitrogen and oxygen atoms in total. The van der Waals surface area contributed by atoms with Gasteiger partial charge in [-0.15, -0.1) is 0 Å². The van der Waals surface area contributed by atoms with E-state index >= 15 is 0 Å². The molecule has 0 saturated carbocycles. The van der Waals surface area contributed by atoms with Gasteiger partial charge in [-0.05, 0) is 37.5 Å². The summed E-state index contributed by atoms with van der Waals surface area (Å²) in [6.07, 6.45) is 1.72. The first kappa shape index (κ1) is 14.2. The van der Waals surface area contributed by atoms with Gasteiger partial charge >= 0.3 is 0 Å². The summed E-state index contributed by atoms with van der Waals surface area (Å²) in [5.74, 6) is 1.03. The molecule has 1 aromatic rings. The first-order valence-electron chi connectivity index (χ1n) is 5.72. The van der Waals surface area contributed by atoms with Gasteiger partial charge in [-0.1, -0.05) is 12.1 Å². The Bertz CT molecular complexity index is 395. The molecule has 1 rings (SSSR count). The van der Waals surface area contributed by atoms with E-state index in [4.69, 9.17) is 0 Å². The molecule has 4 heteroatoms. The second kappa shape index (κ2) is 6.17. The number of benzene rings is 1. The predicted molar refractivity (Wildman–Crippen MR) is 72.8 cm³/mol. The minimum Gasteiger partial charge on any atom is -0.507 e. The van der Waals surface area contributed by atoms with Crippen LogP contribution in [0.3, 0.4) is 0 Å². The molecule has 0 aromatic heterocycles. The molecule has 0 bridgehead atoms. The van der Waals surface area contributed by atoms with Gasteiger partial charge in [0.25, 0.3) is 0 Å². The summed E-state index contributed by atoms with van der Waals surface area (Å²) in [5.41, 5.74) is 2.94. The summed E-state index contributed by atoms with van der Waals surface area (Å²) in [5, 5.41) is 13.0. The van der Waals surface area contributed by atoms with Crippen LogP contribution >= 0.6 is 0 Å². The maximum Gasteiger partial charge on any atom is 0.121 e. The van der Waals surface area contributed by atoms with Crippen LogP contribution < -0.4 is 5.32 Å². The minimum atomic E-state index is -0.768. The van der Waals surface area contributed by atoms with Crippen molar-refractivity contribution in [2.45, 2.75) is 33.4 Å². The SMILES string of the molecule is Cc1cc(CNC(C)CS(C)=O)cc(C)c1O. The van der Waals surface area contributed by atoms with Crippen molar-refractivity contribution in [2.24, 2.45) is 0 Å². The highest BCUT2D eigenvalue weighted by atomic mass is 32.2. The van der Waals surface area contributed by atoms with E-state index < -0.39 is 10.8 Å². The zero-order chi connectivity index (χ0) is 13.0. The van der Waals surface area contributed by atoms with E-state index in [2.05, 4.69) is 5.32 Å². The largest absolute Gasteiger partial charge is 0.507 e. The fourth-order valence-corrected chi connectivity index (χ4v) is 2.67. The Hall–Kier alpha value is -0.870. The summed E-state index contributed by atoms with van der Waals surface area (Å²) >= 11 is 0. The molecule has 2 atom stereocenters. The summed E-state index contributed by atoms with van der Waals surface area (Å²) in [4.78, 5) is 0. The van der Waals surface area contributed by atoms with Crippen LogP contribution in [0.15, 0.2) is 12.1 Å². The maximum absolute atomic E-state index is 11.1. The highest BCUT2D eigenvalue weighted by molar-refractivity contribution is 7.84. The van der Waals surface area contributed by atoms with Crippen molar-refractivity contribution in [3.8, 4) is 5.75 Å². The first-order valence-corrected chi connectivity index (χ1v) is 7.45. The lowest BCUT2D eigenvalue weighted by molar-refractivity contribution is 0.466. The van der Waals surface area contributed by atoms with Gasteiger partial charge in [-0.25, -0.2) is 0 Å². The van der Waals surface area contributed by atoms with Crippen molar-refractivity contribution in [1.82, 2.24) is 5.32 Å². The van der Waals surface area contributed by atoms with E-state index in [9.17, 15) is 9.32 Å². The Balaban J connectivity index is 2.61. The van der Waals surface area contributed by atoms with Crippen LogP contribution in [0, 0.1) is 13.8 Å². The lowest BCUT2D eigenvalue weighted by Gasteiger charge is -2.13. The molecule has 0 aliphatic heterocycles. The number of aromatic hydroxyl groups is 1. The van der Waals surface area contributed by atoms with Crippen molar-refractivity contribution < 1.29 is 9.32 Å². The van der Waals surface area contributed by atoms with Gasteiger partial charge in [0.1, 0.15) is 5.75 Å². The van der Waals surface area contributed by atoms with Crippen molar-refractivity contribution in [3.05, 3.63) is 28.8 Å². The Morgan fingerprint density at radius 1 is 1.35 bits per heavy atom. The fourth-order valence-electron chi connectivity index (χ4n) is 1.85. The fraction of sp³-hybridized carbons (Fsp3) is 0.538. The van der Waals surface area contributed by atoms with Crippen LogP contribution in [0.4, 0.5) is 0 Å². The molecule has 0 heterocycles. The summed E-state index contributed by atoms with van der Waals surface area (Å²) in [6.45, 7) is 6.56. The average Bonchev–Trinajstić information content (AvgIpc) is 2.22. The van der Waals surface area contributed by atoms with E-state index in [1.165, 1.54) is 0 Å². The average molecular weight is 255 g/mol. The summed E-state index contributed by atoms with van der Waals surface area (Å²) in [7, 11) is -0.768. The molecule has 2 N–H and O–H groups in total. The topological polar surface area (TPSA) is 49.3 Å². The van der Waals surface area contributed by atoms with E-state index in [1.807, 2.05) is 32.9 Å². The second-order valence-corrected chi connectivity index (χ2v) is 6.08. The van der Waals surface area contributed by atoms with Crippen molar-refractivity contribution in [1.29, 1.82) is 0 Å². The van der Waals surface area contributed by atoms with E-state index in [-0.39, 0.29) is 6.04 Å². The highest BCUT2D eigenvalue weighted by Crippen LogP contribution is 2.22. The van der Waals surface area contributed by atoms with Crippen molar-refractivity contribution in [3.63, 3.8) is 0 Å². The smallest absolute Gasteiger partial charge is 0.121 e. The quantitative estimate of drug-likeness (QED) is 0.844. The maximum atomic E-state index is 11.1. The summed E-state index contributed by atoms with van der Waals surface area (Å²) in [6, 6.07) is 4.19. The molecule has 0 aliphatic carbocycles. The number of phenols is 1. The van der Waals surface area contributed by atoms with Gasteiger partial charge in [0.15, 0.2) is 0 Å². The Morgan fingerprint density at radius 3 is 2.35 bits per heavy atom. The number of hydrogen-bond donors (Lipinski definition) is 2. The van der Waals surface area contributed by atoms with Gasteiger partial charge in [0, 0.05) is 35.4 Å². The molecule has 17 heavy (non-hydrogen) atoms. The van der Waals surface area contributed by atoms with Gasteiger partial charge in [0.05, 0.1) is 0 Å². The van der Waals surface area contributed by atoms with E-state index in [1.54, 1.807) is 6.26 Å². The van der Waals surface area contributed by atoms with Crippen LogP contribution in [0.5, 0.6) is 5.75 Å². The highest BCUT2D eigenvalue weighted by Gasteiger charge is 2.06. The van der Waals surface area contributed by atoms with Gasteiger partial charge < -0.3 is 10.4 Å². The number of nitrogens with one attached hydrogen (secondary N) is 1. The first-order chi connectivity index (χ1) is 7.90. The molecule has 2 unspecified atom stereocenters. The van der Waals surface area contributed by atoms with Gasteiger partial charge in [0.2, 0.25) is 0 Å². The normalized spacial score (nSPS) is 14.6. The Labute approximate surface area is 106 Å². The van der Waals surface area contributed by atoms with E-state index in [0.717, 1.165) is 23.2 Å². The predicted octanol–water partition coefficient (Wildman–Crippen LogP) is 1.87. The van der Waals surface area contributed by atoms with Gasteiger partial charge in [-0.2, -0.15) is 0 Å². The number of phenolic OH excluding ortho intramolecular Hbond substituents is 1. The molecule has 0 fully saturated rings. The second-order valence-electron chi connectivity index (χ2n) is 4.60. The zero-order valence-electron chi connectivity index (χ0n) is 10.9. The Kier molecular flexibility index (Phi) is 5.15. The molecular weight excluding hydrogens is 234 g/mol. The van der Waals surface area contributed by atoms with Crippen LogP contribution in [0.25, 0.3) is 0 Å². The van der Waals surface area contributed by atoms with Gasteiger partial charge in [-0.3, -0.25) is 4.21 Å². The molecule has 1 aromatic carbocycles. The molecule has 0 radical (unpaired) electrons. The third-order valence-electron chi connectivity index (χ3n) is 2.69. The molecule has 96 valence electrons. The summed E-state index contributed by atoms with van der Waals surface area (Å²) < 4.78 is 11.1. The number of aryl methyl sites for hydroxylation is 2. The van der Waals surface area contributed by atoms with Crippen molar-refractivity contribution in [2.75, 3.05) is 12.0 Å². The molecule has 0 amide bonds. The lowest BCUT2D eigenvalue weighted by Crippen LogP contribution is -2.30. The lowest BCUT2D eigenvalue weighted by atomic mass is 10.1. The van der Waals surface area contributed by atoms with Crippen LogP contribution in [-0.4, -0.2) is 27.4 Å². The van der Waals surface area contributed by atoms with Crippen LogP contribution in [0.1, 0.15) is 23.6 Å².